The molecular weight excluding hydrogens is 290 g/mol. The van der Waals surface area contributed by atoms with E-state index in [2.05, 4.69) is 4.90 Å². The minimum atomic E-state index is -0.409. The topological polar surface area (TPSA) is 66.8 Å². The fraction of sp³-hybridized carbons (Fsp3) is 0.400. The molecule has 1 aliphatic heterocycles. The number of hydrogen-bond acceptors (Lipinski definition) is 6. The van der Waals surface area contributed by atoms with Crippen LogP contribution in [0.1, 0.15) is 23.3 Å². The summed E-state index contributed by atoms with van der Waals surface area (Å²) in [5, 5.41) is 9.24. The highest BCUT2D eigenvalue weighted by Gasteiger charge is 2.27. The van der Waals surface area contributed by atoms with Gasteiger partial charge in [0.1, 0.15) is 23.5 Å². The molecule has 0 radical (unpaired) electrons. The van der Waals surface area contributed by atoms with Crippen LogP contribution in [0.15, 0.2) is 38.1 Å². The van der Waals surface area contributed by atoms with Crippen LogP contribution in [0.3, 0.4) is 0 Å². The molecule has 0 amide bonds. The first-order chi connectivity index (χ1) is 10.1. The molecule has 2 aromatic heterocycles. The van der Waals surface area contributed by atoms with Crippen LogP contribution in [0.2, 0.25) is 0 Å². The molecule has 0 bridgehead atoms. The van der Waals surface area contributed by atoms with E-state index in [0.29, 0.717) is 12.3 Å². The van der Waals surface area contributed by atoms with Gasteiger partial charge in [-0.1, -0.05) is 0 Å². The molecule has 3 rings (SSSR count). The largest absolute Gasteiger partial charge is 0.502 e. The first-order valence-electron chi connectivity index (χ1n) is 6.82. The number of aryl methyl sites for hydroxylation is 1. The number of furan rings is 1. The summed E-state index contributed by atoms with van der Waals surface area (Å²) in [6, 6.07) is 5.50. The molecule has 1 N–H and O–H groups in total. The zero-order valence-electron chi connectivity index (χ0n) is 11.7. The summed E-state index contributed by atoms with van der Waals surface area (Å²) in [4.78, 5) is 13.7. The van der Waals surface area contributed by atoms with E-state index >= 15 is 0 Å². The van der Waals surface area contributed by atoms with Gasteiger partial charge in [-0.3, -0.25) is 9.69 Å². The van der Waals surface area contributed by atoms with Crippen LogP contribution in [0, 0.1) is 6.92 Å². The Labute approximate surface area is 126 Å². The van der Waals surface area contributed by atoms with Crippen molar-refractivity contribution >= 4 is 11.8 Å². The van der Waals surface area contributed by atoms with Gasteiger partial charge in [0, 0.05) is 24.1 Å². The SMILES string of the molecule is Cc1ccc([C@H]2CSCCN2Cc2cc(=O)c(O)co2)o1. The Morgan fingerprint density at radius 3 is 3.05 bits per heavy atom. The summed E-state index contributed by atoms with van der Waals surface area (Å²) in [6.07, 6.45) is 1.10. The second-order valence-electron chi connectivity index (χ2n) is 5.11. The Bertz CT molecular complexity index is 678. The van der Waals surface area contributed by atoms with Crippen molar-refractivity contribution in [1.82, 2.24) is 4.90 Å². The van der Waals surface area contributed by atoms with E-state index in [1.54, 1.807) is 0 Å². The zero-order valence-corrected chi connectivity index (χ0v) is 12.6. The third-order valence-corrected chi connectivity index (χ3v) is 4.58. The van der Waals surface area contributed by atoms with Gasteiger partial charge in [-0.2, -0.15) is 11.8 Å². The lowest BCUT2D eigenvalue weighted by Crippen LogP contribution is -2.35. The average Bonchev–Trinajstić information content (AvgIpc) is 2.90. The molecule has 1 saturated heterocycles. The van der Waals surface area contributed by atoms with E-state index in [4.69, 9.17) is 8.83 Å². The molecule has 1 atom stereocenters. The summed E-state index contributed by atoms with van der Waals surface area (Å²) in [5.74, 6) is 4.04. The van der Waals surface area contributed by atoms with Gasteiger partial charge in [-0.05, 0) is 19.1 Å². The fourth-order valence-electron chi connectivity index (χ4n) is 2.45. The van der Waals surface area contributed by atoms with Gasteiger partial charge < -0.3 is 13.9 Å². The van der Waals surface area contributed by atoms with Gasteiger partial charge in [-0.25, -0.2) is 0 Å². The molecule has 1 aliphatic rings. The van der Waals surface area contributed by atoms with Crippen molar-refractivity contribution in [2.45, 2.75) is 19.5 Å². The van der Waals surface area contributed by atoms with Gasteiger partial charge in [0.15, 0.2) is 5.75 Å². The minimum absolute atomic E-state index is 0.177. The summed E-state index contributed by atoms with van der Waals surface area (Å²) in [7, 11) is 0. The maximum atomic E-state index is 11.5. The lowest BCUT2D eigenvalue weighted by atomic mass is 10.2. The summed E-state index contributed by atoms with van der Waals surface area (Å²) in [5.41, 5.74) is -0.409. The Morgan fingerprint density at radius 1 is 1.48 bits per heavy atom. The highest BCUT2D eigenvalue weighted by atomic mass is 32.2. The van der Waals surface area contributed by atoms with Gasteiger partial charge >= 0.3 is 0 Å². The van der Waals surface area contributed by atoms with E-state index in [1.165, 1.54) is 6.07 Å². The van der Waals surface area contributed by atoms with E-state index in [-0.39, 0.29) is 11.8 Å². The molecule has 6 heteroatoms. The number of hydrogen-bond donors (Lipinski definition) is 1. The number of rotatable bonds is 3. The van der Waals surface area contributed by atoms with E-state index in [0.717, 1.165) is 35.8 Å². The molecular formula is C15H17NO4S. The Kier molecular flexibility index (Phi) is 4.07. The second-order valence-corrected chi connectivity index (χ2v) is 6.26. The lowest BCUT2D eigenvalue weighted by molar-refractivity contribution is 0.172. The third-order valence-electron chi connectivity index (χ3n) is 3.55. The first-order valence-corrected chi connectivity index (χ1v) is 7.98. The highest BCUT2D eigenvalue weighted by Crippen LogP contribution is 2.31. The van der Waals surface area contributed by atoms with Crippen LogP contribution in [0.5, 0.6) is 5.75 Å². The lowest BCUT2D eigenvalue weighted by Gasteiger charge is -2.33. The van der Waals surface area contributed by atoms with Crippen LogP contribution < -0.4 is 5.43 Å². The molecule has 21 heavy (non-hydrogen) atoms. The molecule has 0 aliphatic carbocycles. The maximum absolute atomic E-state index is 11.5. The second kappa shape index (κ2) is 5.99. The van der Waals surface area contributed by atoms with Crippen molar-refractivity contribution in [2.24, 2.45) is 0 Å². The van der Waals surface area contributed by atoms with Gasteiger partial charge in [0.25, 0.3) is 0 Å². The summed E-state index contributed by atoms with van der Waals surface area (Å²) < 4.78 is 11.0. The van der Waals surface area contributed by atoms with E-state index in [9.17, 15) is 9.90 Å². The van der Waals surface area contributed by atoms with Crippen molar-refractivity contribution < 1.29 is 13.9 Å². The average molecular weight is 307 g/mol. The van der Waals surface area contributed by atoms with E-state index < -0.39 is 5.43 Å². The number of aromatic hydroxyl groups is 1. The van der Waals surface area contributed by atoms with Crippen molar-refractivity contribution in [2.75, 3.05) is 18.1 Å². The van der Waals surface area contributed by atoms with Crippen LogP contribution in [-0.4, -0.2) is 28.1 Å². The Morgan fingerprint density at radius 2 is 2.33 bits per heavy atom. The predicted molar refractivity (Wildman–Crippen MR) is 80.6 cm³/mol. The normalized spacial score (nSPS) is 19.8. The van der Waals surface area contributed by atoms with E-state index in [1.807, 2.05) is 30.8 Å². The smallest absolute Gasteiger partial charge is 0.226 e. The van der Waals surface area contributed by atoms with Crippen LogP contribution in [0.4, 0.5) is 0 Å². The Hall–Kier alpha value is -1.66. The maximum Gasteiger partial charge on any atom is 0.226 e. The molecule has 0 unspecified atom stereocenters. The van der Waals surface area contributed by atoms with Crippen LogP contribution in [-0.2, 0) is 6.54 Å². The fourth-order valence-corrected chi connectivity index (χ4v) is 3.58. The summed E-state index contributed by atoms with van der Waals surface area (Å²) >= 11 is 1.89. The highest BCUT2D eigenvalue weighted by molar-refractivity contribution is 7.99. The standard InChI is InChI=1S/C15H17NO4S/c1-10-2-3-15(20-10)12-9-21-5-4-16(12)7-11-6-13(17)14(18)8-19-11/h2-3,6,8,12,18H,4-5,7,9H2,1H3/t12-/m1/s1. The molecule has 5 nitrogen and oxygen atoms in total. The quantitative estimate of drug-likeness (QED) is 0.940. The summed E-state index contributed by atoms with van der Waals surface area (Å²) in [6.45, 7) is 3.36. The molecule has 0 aromatic carbocycles. The van der Waals surface area contributed by atoms with Crippen LogP contribution >= 0.6 is 11.8 Å². The first kappa shape index (κ1) is 14.3. The molecule has 112 valence electrons. The molecule has 3 heterocycles. The van der Waals surface area contributed by atoms with Crippen LogP contribution in [0.25, 0.3) is 0 Å². The van der Waals surface area contributed by atoms with Crippen molar-refractivity contribution in [3.8, 4) is 5.75 Å². The molecule has 1 fully saturated rings. The predicted octanol–water partition coefficient (Wildman–Crippen LogP) is 2.54. The minimum Gasteiger partial charge on any atom is -0.502 e. The van der Waals surface area contributed by atoms with Crippen molar-refractivity contribution in [3.05, 3.63) is 52.0 Å². The van der Waals surface area contributed by atoms with Gasteiger partial charge in [0.05, 0.1) is 12.6 Å². The monoisotopic (exact) mass is 307 g/mol. The van der Waals surface area contributed by atoms with Crippen molar-refractivity contribution in [3.63, 3.8) is 0 Å². The Balaban J connectivity index is 1.81. The third kappa shape index (κ3) is 3.16. The molecule has 0 spiro atoms. The number of nitrogens with zero attached hydrogens (tertiary/aromatic N) is 1. The zero-order chi connectivity index (χ0) is 14.8. The van der Waals surface area contributed by atoms with Gasteiger partial charge in [0.2, 0.25) is 5.43 Å². The molecule has 0 saturated carbocycles. The van der Waals surface area contributed by atoms with Crippen molar-refractivity contribution in [1.29, 1.82) is 0 Å². The van der Waals surface area contributed by atoms with Gasteiger partial charge in [-0.15, -0.1) is 0 Å². The molecule has 2 aromatic rings. The number of thioether (sulfide) groups is 1.